The molecule has 0 spiro atoms. The molecule has 0 radical (unpaired) electrons. The molecule has 2 heterocycles. The summed E-state index contributed by atoms with van der Waals surface area (Å²) in [6.07, 6.45) is 0. The van der Waals surface area contributed by atoms with Gasteiger partial charge in [0.15, 0.2) is 17.5 Å². The van der Waals surface area contributed by atoms with E-state index in [1.807, 2.05) is 11.4 Å². The zero-order valence-electron chi connectivity index (χ0n) is 16.2. The largest absolute Gasteiger partial charge is 0.340 e. The van der Waals surface area contributed by atoms with Crippen LogP contribution in [0.2, 0.25) is 0 Å². The van der Waals surface area contributed by atoms with Gasteiger partial charge in [-0.25, -0.2) is 22.8 Å². The fraction of sp³-hybridized carbons (Fsp3) is 0.0476. The summed E-state index contributed by atoms with van der Waals surface area (Å²) in [5.74, 6) is -3.76. The molecule has 2 amide bonds. The van der Waals surface area contributed by atoms with Gasteiger partial charge in [0.25, 0.3) is 5.91 Å². The third-order valence-electron chi connectivity index (χ3n) is 4.24. The van der Waals surface area contributed by atoms with Gasteiger partial charge in [-0.3, -0.25) is 9.59 Å². The number of anilines is 1. The van der Waals surface area contributed by atoms with Crippen molar-refractivity contribution in [2.24, 2.45) is 0 Å². The minimum absolute atomic E-state index is 0.0434. The van der Waals surface area contributed by atoms with Crippen LogP contribution in [0, 0.1) is 17.5 Å². The van der Waals surface area contributed by atoms with Crippen LogP contribution < -0.4 is 10.6 Å². The minimum atomic E-state index is -1.11. The number of hydrogen-bond donors (Lipinski definition) is 2. The lowest BCUT2D eigenvalue weighted by molar-refractivity contribution is -0.115. The summed E-state index contributed by atoms with van der Waals surface area (Å²) < 4.78 is 40.9. The van der Waals surface area contributed by atoms with Crippen LogP contribution in [0.3, 0.4) is 0 Å². The molecule has 4 rings (SSSR count). The Bertz CT molecular complexity index is 1270. The van der Waals surface area contributed by atoms with E-state index in [2.05, 4.69) is 20.7 Å². The molecule has 0 bridgehead atoms. The molecule has 11 heteroatoms. The Morgan fingerprint density at radius 1 is 1.00 bits per heavy atom. The molecule has 0 aliphatic heterocycles. The molecular formula is C21H14F3N5O2S. The molecule has 4 aromatic rings. The lowest BCUT2D eigenvalue weighted by Gasteiger charge is -2.06. The monoisotopic (exact) mass is 457 g/mol. The third-order valence-corrected chi connectivity index (χ3v) is 5.10. The van der Waals surface area contributed by atoms with E-state index in [-0.39, 0.29) is 11.5 Å². The Kier molecular flexibility index (Phi) is 5.99. The quantitative estimate of drug-likeness (QED) is 0.461. The van der Waals surface area contributed by atoms with Crippen LogP contribution >= 0.6 is 11.3 Å². The Hall–Kier alpha value is -3.99. The second kappa shape index (κ2) is 9.02. The number of rotatable bonds is 6. The fourth-order valence-corrected chi connectivity index (χ4v) is 3.45. The van der Waals surface area contributed by atoms with E-state index in [9.17, 15) is 22.8 Å². The van der Waals surface area contributed by atoms with Crippen molar-refractivity contribution in [2.45, 2.75) is 0 Å². The highest BCUT2D eigenvalue weighted by Gasteiger charge is 2.20. The van der Waals surface area contributed by atoms with Crippen molar-refractivity contribution in [1.29, 1.82) is 0 Å². The zero-order valence-corrected chi connectivity index (χ0v) is 17.0. The van der Waals surface area contributed by atoms with Gasteiger partial charge in [0, 0.05) is 11.8 Å². The van der Waals surface area contributed by atoms with Crippen molar-refractivity contribution in [3.63, 3.8) is 0 Å². The molecule has 162 valence electrons. The van der Waals surface area contributed by atoms with Crippen LogP contribution in [-0.4, -0.2) is 33.1 Å². The molecule has 0 saturated heterocycles. The molecule has 2 aromatic heterocycles. The lowest BCUT2D eigenvalue weighted by Crippen LogP contribution is -2.33. The standard InChI is InChI=1S/C21H14F3N5O2S/c22-12-3-6-14(7-4-12)29-20(17-2-1-9-32-17)27-19(28-29)21(31)25-11-18(30)26-13-5-8-15(23)16(24)10-13/h1-10H,11H2,(H,25,31)(H,26,30). The fourth-order valence-electron chi connectivity index (χ4n) is 2.75. The van der Waals surface area contributed by atoms with Crippen molar-refractivity contribution < 1.29 is 22.8 Å². The average Bonchev–Trinajstić information content (AvgIpc) is 3.45. The third kappa shape index (κ3) is 4.67. The Labute approximate surface area is 183 Å². The number of amides is 2. The summed E-state index contributed by atoms with van der Waals surface area (Å²) in [7, 11) is 0. The molecule has 0 unspecified atom stereocenters. The van der Waals surface area contributed by atoms with Crippen LogP contribution in [0.25, 0.3) is 16.4 Å². The summed E-state index contributed by atoms with van der Waals surface area (Å²) in [6, 6.07) is 12.0. The number of nitrogens with one attached hydrogen (secondary N) is 2. The summed E-state index contributed by atoms with van der Waals surface area (Å²) in [5.41, 5.74) is 0.541. The van der Waals surface area contributed by atoms with Gasteiger partial charge in [-0.1, -0.05) is 6.07 Å². The van der Waals surface area contributed by atoms with Crippen LogP contribution in [0.4, 0.5) is 18.9 Å². The number of nitrogens with zero attached hydrogens (tertiary/aromatic N) is 3. The van der Waals surface area contributed by atoms with E-state index in [0.717, 1.165) is 17.0 Å². The number of thiophene rings is 1. The Morgan fingerprint density at radius 2 is 1.78 bits per heavy atom. The van der Waals surface area contributed by atoms with Gasteiger partial charge in [-0.15, -0.1) is 16.4 Å². The van der Waals surface area contributed by atoms with Crippen LogP contribution in [0.1, 0.15) is 10.6 Å². The predicted octanol–water partition coefficient (Wildman–Crippen LogP) is 3.78. The van der Waals surface area contributed by atoms with E-state index >= 15 is 0 Å². The van der Waals surface area contributed by atoms with Crippen molar-refractivity contribution in [2.75, 3.05) is 11.9 Å². The Balaban J connectivity index is 1.49. The summed E-state index contributed by atoms with van der Waals surface area (Å²) in [4.78, 5) is 29.6. The second-order valence-corrected chi connectivity index (χ2v) is 7.43. The molecule has 2 aromatic carbocycles. The van der Waals surface area contributed by atoms with Gasteiger partial charge in [0.1, 0.15) is 5.82 Å². The number of benzene rings is 2. The molecule has 0 atom stereocenters. The van der Waals surface area contributed by atoms with Crippen LogP contribution in [-0.2, 0) is 4.79 Å². The number of halogens is 3. The molecule has 7 nitrogen and oxygen atoms in total. The van der Waals surface area contributed by atoms with E-state index in [1.165, 1.54) is 46.4 Å². The van der Waals surface area contributed by atoms with Gasteiger partial charge >= 0.3 is 0 Å². The van der Waals surface area contributed by atoms with Gasteiger partial charge in [0.05, 0.1) is 17.1 Å². The second-order valence-electron chi connectivity index (χ2n) is 6.48. The molecule has 0 fully saturated rings. The summed E-state index contributed by atoms with van der Waals surface area (Å²) >= 11 is 1.38. The number of aromatic nitrogens is 3. The summed E-state index contributed by atoms with van der Waals surface area (Å²) in [5, 5.41) is 10.8. The van der Waals surface area contributed by atoms with Crippen LogP contribution in [0.15, 0.2) is 60.0 Å². The van der Waals surface area contributed by atoms with Crippen molar-refractivity contribution in [3.8, 4) is 16.4 Å². The first-order chi connectivity index (χ1) is 15.4. The van der Waals surface area contributed by atoms with E-state index in [0.29, 0.717) is 11.5 Å². The predicted molar refractivity (Wildman–Crippen MR) is 112 cm³/mol. The van der Waals surface area contributed by atoms with Crippen molar-refractivity contribution in [3.05, 3.63) is 83.3 Å². The highest BCUT2D eigenvalue weighted by molar-refractivity contribution is 7.13. The molecule has 0 aliphatic rings. The highest BCUT2D eigenvalue weighted by atomic mass is 32.1. The lowest BCUT2D eigenvalue weighted by atomic mass is 10.3. The first-order valence-corrected chi connectivity index (χ1v) is 10.1. The minimum Gasteiger partial charge on any atom is -0.340 e. The molecule has 0 aliphatic carbocycles. The SMILES string of the molecule is O=C(CNC(=O)c1nc(-c2cccs2)n(-c2ccc(F)cc2)n1)Nc1ccc(F)c(F)c1. The summed E-state index contributed by atoms with van der Waals surface area (Å²) in [6.45, 7) is -0.447. The van der Waals surface area contributed by atoms with E-state index in [4.69, 9.17) is 0 Å². The van der Waals surface area contributed by atoms with Gasteiger partial charge in [0.2, 0.25) is 11.7 Å². The normalized spacial score (nSPS) is 10.7. The number of carbonyl (C=O) groups is 2. The van der Waals surface area contributed by atoms with Gasteiger partial charge < -0.3 is 10.6 Å². The van der Waals surface area contributed by atoms with Gasteiger partial charge in [-0.2, -0.15) is 0 Å². The maximum atomic E-state index is 13.3. The van der Waals surface area contributed by atoms with Crippen molar-refractivity contribution in [1.82, 2.24) is 20.1 Å². The van der Waals surface area contributed by atoms with E-state index in [1.54, 1.807) is 6.07 Å². The average molecular weight is 457 g/mol. The molecular weight excluding hydrogens is 443 g/mol. The molecule has 32 heavy (non-hydrogen) atoms. The maximum Gasteiger partial charge on any atom is 0.291 e. The number of carbonyl (C=O) groups excluding carboxylic acids is 2. The topological polar surface area (TPSA) is 88.9 Å². The van der Waals surface area contributed by atoms with Crippen molar-refractivity contribution >= 4 is 28.8 Å². The smallest absolute Gasteiger partial charge is 0.291 e. The Morgan fingerprint density at radius 3 is 2.47 bits per heavy atom. The van der Waals surface area contributed by atoms with Gasteiger partial charge in [-0.05, 0) is 47.8 Å². The van der Waals surface area contributed by atoms with E-state index < -0.39 is 35.8 Å². The highest BCUT2D eigenvalue weighted by Crippen LogP contribution is 2.25. The first kappa shape index (κ1) is 21.2. The molecule has 2 N–H and O–H groups in total. The van der Waals surface area contributed by atoms with Crippen LogP contribution in [0.5, 0.6) is 0 Å². The zero-order chi connectivity index (χ0) is 22.7. The first-order valence-electron chi connectivity index (χ1n) is 9.20. The maximum absolute atomic E-state index is 13.3. The molecule has 0 saturated carbocycles. The number of hydrogen-bond acceptors (Lipinski definition) is 5.